The summed E-state index contributed by atoms with van der Waals surface area (Å²) in [4.78, 5) is 2.16. The summed E-state index contributed by atoms with van der Waals surface area (Å²) < 4.78 is 1.01. The number of nitrogens with zero attached hydrogens (tertiary/aromatic N) is 1. The summed E-state index contributed by atoms with van der Waals surface area (Å²) in [5.41, 5.74) is 4.89. The largest absolute Gasteiger partial charge is 0.379 e. The highest BCUT2D eigenvalue weighted by atomic mass is 79.9. The van der Waals surface area contributed by atoms with E-state index in [0.29, 0.717) is 6.42 Å². The van der Waals surface area contributed by atoms with E-state index in [1.165, 1.54) is 10.8 Å². The van der Waals surface area contributed by atoms with Crippen molar-refractivity contribution in [1.82, 2.24) is 5.32 Å². The van der Waals surface area contributed by atoms with E-state index >= 15 is 0 Å². The summed E-state index contributed by atoms with van der Waals surface area (Å²) in [6, 6.07) is 51.4. The number of halogens is 1. The molecule has 0 spiro atoms. The van der Waals surface area contributed by atoms with Crippen LogP contribution >= 0.6 is 15.9 Å². The van der Waals surface area contributed by atoms with Crippen LogP contribution in [0.4, 0.5) is 5.69 Å². The van der Waals surface area contributed by atoms with Crippen molar-refractivity contribution in [1.29, 1.82) is 0 Å². The lowest BCUT2D eigenvalue weighted by Gasteiger charge is -2.41. The van der Waals surface area contributed by atoms with E-state index in [4.69, 9.17) is 0 Å². The Bertz CT molecular complexity index is 1780. The first kappa shape index (κ1) is 29.8. The normalized spacial score (nSPS) is 13.0. The van der Waals surface area contributed by atoms with Crippen LogP contribution in [0.5, 0.6) is 0 Å². The highest BCUT2D eigenvalue weighted by molar-refractivity contribution is 9.10. The van der Waals surface area contributed by atoms with Crippen molar-refractivity contribution in [2.75, 3.05) is 19.0 Å². The molecule has 2 atom stereocenters. The second-order valence-corrected chi connectivity index (χ2v) is 12.4. The highest BCUT2D eigenvalue weighted by Crippen LogP contribution is 2.40. The molecule has 4 heteroatoms. The van der Waals surface area contributed by atoms with E-state index in [1.54, 1.807) is 0 Å². The first-order valence-electron chi connectivity index (χ1n) is 15.0. The smallest absolute Gasteiger partial charge is 0.130 e. The topological polar surface area (TPSA) is 35.5 Å². The van der Waals surface area contributed by atoms with Crippen molar-refractivity contribution < 1.29 is 5.11 Å². The van der Waals surface area contributed by atoms with Gasteiger partial charge in [-0.15, -0.1) is 0 Å². The fourth-order valence-electron chi connectivity index (χ4n) is 6.34. The maximum atomic E-state index is 13.2. The second kappa shape index (κ2) is 13.2. The lowest BCUT2D eigenvalue weighted by molar-refractivity contribution is 0.0339. The van der Waals surface area contributed by atoms with Crippen LogP contribution in [0.3, 0.4) is 0 Å². The zero-order valence-corrected chi connectivity index (χ0v) is 26.7. The first-order valence-corrected chi connectivity index (χ1v) is 15.8. The number of anilines is 1. The van der Waals surface area contributed by atoms with Gasteiger partial charge < -0.3 is 10.0 Å². The van der Waals surface area contributed by atoms with E-state index in [1.807, 2.05) is 66.7 Å². The Hall–Kier alpha value is -4.22. The molecular weight excluding hydrogens is 604 g/mol. The molecule has 6 rings (SSSR count). The van der Waals surface area contributed by atoms with Gasteiger partial charge >= 0.3 is 0 Å². The fraction of sp³-hybridized carbons (Fsp3) is 0.150. The van der Waals surface area contributed by atoms with Gasteiger partial charge in [-0.25, -0.2) is 0 Å². The lowest BCUT2D eigenvalue weighted by Crippen LogP contribution is -2.52. The summed E-state index contributed by atoms with van der Waals surface area (Å²) in [6.45, 7) is 0. The molecule has 0 bridgehead atoms. The molecule has 220 valence electrons. The molecule has 0 aliphatic rings. The number of benzene rings is 6. The number of aliphatic hydroxyl groups is 1. The van der Waals surface area contributed by atoms with Crippen molar-refractivity contribution in [2.45, 2.75) is 24.1 Å². The summed E-state index contributed by atoms with van der Waals surface area (Å²) in [7, 11) is 4.16. The van der Waals surface area contributed by atoms with E-state index in [2.05, 4.69) is 125 Å². The van der Waals surface area contributed by atoms with Crippen LogP contribution in [0, 0.1) is 0 Å². The molecule has 6 aromatic rings. The Morgan fingerprint density at radius 2 is 1.23 bits per heavy atom. The molecular formula is C40H37BrN2O. The van der Waals surface area contributed by atoms with Gasteiger partial charge in [0.15, 0.2) is 0 Å². The predicted octanol–water partition coefficient (Wildman–Crippen LogP) is 8.89. The van der Waals surface area contributed by atoms with Crippen LogP contribution in [0.1, 0.15) is 33.9 Å². The third-order valence-corrected chi connectivity index (χ3v) is 8.99. The molecule has 44 heavy (non-hydrogen) atoms. The van der Waals surface area contributed by atoms with E-state index in [-0.39, 0.29) is 6.04 Å². The summed E-state index contributed by atoms with van der Waals surface area (Å²) >= 11 is 3.77. The average molecular weight is 642 g/mol. The third kappa shape index (κ3) is 6.07. The number of nitrogens with one attached hydrogen (secondary N) is 1. The first-order chi connectivity index (χ1) is 21.4. The average Bonchev–Trinajstić information content (AvgIpc) is 3.07. The molecule has 0 unspecified atom stereocenters. The predicted molar refractivity (Wildman–Crippen MR) is 187 cm³/mol. The minimum absolute atomic E-state index is 0.247. The molecule has 6 aromatic carbocycles. The van der Waals surface area contributed by atoms with Gasteiger partial charge in [-0.2, -0.15) is 0 Å². The highest BCUT2D eigenvalue weighted by Gasteiger charge is 2.42. The van der Waals surface area contributed by atoms with Gasteiger partial charge in [-0.3, -0.25) is 5.32 Å². The Morgan fingerprint density at radius 3 is 1.86 bits per heavy atom. The molecule has 0 aliphatic heterocycles. The van der Waals surface area contributed by atoms with Gasteiger partial charge in [0.05, 0.1) is 6.04 Å². The number of hydrogen-bond donors (Lipinski definition) is 2. The number of hydrogen-bond acceptors (Lipinski definition) is 3. The zero-order chi connectivity index (χ0) is 30.5. The molecule has 2 N–H and O–H groups in total. The maximum absolute atomic E-state index is 13.2. The summed E-state index contributed by atoms with van der Waals surface area (Å²) in [5, 5.41) is 19.6. The Morgan fingerprint density at radius 1 is 0.659 bits per heavy atom. The Labute approximate surface area is 269 Å². The van der Waals surface area contributed by atoms with Crippen LogP contribution in [0.25, 0.3) is 10.8 Å². The molecule has 0 saturated heterocycles. The van der Waals surface area contributed by atoms with Crippen LogP contribution in [-0.4, -0.2) is 25.2 Å². The quantitative estimate of drug-likeness (QED) is 0.157. The fourth-order valence-corrected chi connectivity index (χ4v) is 6.72. The second-order valence-electron chi connectivity index (χ2n) is 11.5. The molecule has 3 nitrogen and oxygen atoms in total. The van der Waals surface area contributed by atoms with Crippen LogP contribution < -0.4 is 10.2 Å². The molecule has 0 saturated carbocycles. The summed E-state index contributed by atoms with van der Waals surface area (Å²) in [6.07, 6.45) is 0.605. The van der Waals surface area contributed by atoms with E-state index in [0.717, 1.165) is 38.0 Å². The molecule has 0 aliphatic carbocycles. The Balaban J connectivity index is 1.61. The van der Waals surface area contributed by atoms with Gasteiger partial charge in [-0.1, -0.05) is 149 Å². The van der Waals surface area contributed by atoms with Gasteiger partial charge in [0.2, 0.25) is 0 Å². The van der Waals surface area contributed by atoms with E-state index < -0.39 is 11.6 Å². The van der Waals surface area contributed by atoms with Crippen molar-refractivity contribution in [3.8, 4) is 0 Å². The van der Waals surface area contributed by atoms with Crippen molar-refractivity contribution in [3.05, 3.63) is 184 Å². The van der Waals surface area contributed by atoms with Gasteiger partial charge in [0.1, 0.15) is 5.60 Å². The van der Waals surface area contributed by atoms with Crippen molar-refractivity contribution in [2.24, 2.45) is 0 Å². The molecule has 0 fully saturated rings. The SMILES string of the molecule is CN(C)c1ccc(Br)cc1[C@@H](N[C@@H](Cc1ccccc1)C(O)(c1ccccc1)c1ccccc1)c1cccc2ccccc12. The third-order valence-electron chi connectivity index (χ3n) is 8.50. The molecule has 0 radical (unpaired) electrons. The molecule has 0 amide bonds. The minimum atomic E-state index is -1.34. The summed E-state index contributed by atoms with van der Waals surface area (Å²) in [5.74, 6) is 0. The lowest BCUT2D eigenvalue weighted by atomic mass is 9.77. The van der Waals surface area contributed by atoms with Crippen LogP contribution in [0.2, 0.25) is 0 Å². The van der Waals surface area contributed by atoms with Crippen LogP contribution in [0.15, 0.2) is 156 Å². The Kier molecular flexibility index (Phi) is 8.94. The van der Waals surface area contributed by atoms with Gasteiger partial charge in [0.25, 0.3) is 0 Å². The van der Waals surface area contributed by atoms with Gasteiger partial charge in [-0.05, 0) is 63.2 Å². The number of fused-ring (bicyclic) bond motifs is 1. The monoisotopic (exact) mass is 640 g/mol. The van der Waals surface area contributed by atoms with Crippen LogP contribution in [-0.2, 0) is 12.0 Å². The number of rotatable bonds is 10. The maximum Gasteiger partial charge on any atom is 0.130 e. The molecule has 0 heterocycles. The standard InChI is InChI=1S/C40H37BrN2O/c1-43(2)37-26-25-33(41)28-36(37)39(35-24-14-18-30-17-12-13-23-34(30)35)42-38(27-29-15-6-3-7-16-29)40(44,31-19-8-4-9-20-31)32-21-10-5-11-22-32/h3-26,28,38-39,42,44H,27H2,1-2H3/t38-,39-/m0/s1. The minimum Gasteiger partial charge on any atom is -0.379 e. The van der Waals surface area contributed by atoms with E-state index in [9.17, 15) is 5.11 Å². The molecule has 0 aromatic heterocycles. The van der Waals surface area contributed by atoms with Gasteiger partial charge in [0, 0.05) is 30.3 Å². The van der Waals surface area contributed by atoms with Crippen molar-refractivity contribution in [3.63, 3.8) is 0 Å². The zero-order valence-electron chi connectivity index (χ0n) is 25.1. The van der Waals surface area contributed by atoms with Crippen molar-refractivity contribution >= 4 is 32.4 Å².